The summed E-state index contributed by atoms with van der Waals surface area (Å²) >= 11 is 0. The van der Waals surface area contributed by atoms with E-state index in [9.17, 15) is 0 Å². The molecule has 2 aromatic rings. The van der Waals surface area contributed by atoms with Crippen molar-refractivity contribution >= 4 is 0 Å². The van der Waals surface area contributed by atoms with Gasteiger partial charge in [0.2, 0.25) is 0 Å². The summed E-state index contributed by atoms with van der Waals surface area (Å²) in [7, 11) is 1.90. The van der Waals surface area contributed by atoms with Gasteiger partial charge in [-0.15, -0.1) is 0 Å². The van der Waals surface area contributed by atoms with Crippen LogP contribution < -0.4 is 5.32 Å². The van der Waals surface area contributed by atoms with E-state index in [0.29, 0.717) is 12.0 Å². The smallest absolute Gasteiger partial charge is 0.164 e. The average Bonchev–Trinajstić information content (AvgIpc) is 2.84. The molecule has 4 heteroatoms. The fourth-order valence-electron chi connectivity index (χ4n) is 2.90. The first kappa shape index (κ1) is 12.4. The molecule has 2 unspecified atom stereocenters. The molecule has 0 aliphatic heterocycles. The zero-order valence-electron chi connectivity index (χ0n) is 11.5. The third-order valence-electron chi connectivity index (χ3n) is 3.94. The van der Waals surface area contributed by atoms with E-state index in [1.54, 1.807) is 11.0 Å². The lowest BCUT2D eigenvalue weighted by molar-refractivity contribution is 0.426. The second kappa shape index (κ2) is 5.13. The summed E-state index contributed by atoms with van der Waals surface area (Å²) in [5.41, 5.74) is 2.93. The molecule has 0 radical (unpaired) electrons. The summed E-state index contributed by atoms with van der Waals surface area (Å²) in [6, 6.07) is 9.19. The van der Waals surface area contributed by atoms with Gasteiger partial charge in [-0.2, -0.15) is 5.10 Å². The molecule has 0 bridgehead atoms. The van der Waals surface area contributed by atoms with Gasteiger partial charge in [-0.05, 0) is 29.9 Å². The minimum absolute atomic E-state index is 0.427. The summed E-state index contributed by atoms with van der Waals surface area (Å²) in [6.07, 6.45) is 4.17. The minimum Gasteiger partial charge on any atom is -0.303 e. The molecule has 19 heavy (non-hydrogen) atoms. The summed E-state index contributed by atoms with van der Waals surface area (Å²) in [5, 5.41) is 7.90. The van der Waals surface area contributed by atoms with Crippen molar-refractivity contribution in [1.29, 1.82) is 0 Å². The van der Waals surface area contributed by atoms with E-state index in [4.69, 9.17) is 0 Å². The molecular weight excluding hydrogens is 236 g/mol. The first-order chi connectivity index (χ1) is 9.24. The third-order valence-corrected chi connectivity index (χ3v) is 3.94. The summed E-state index contributed by atoms with van der Waals surface area (Å²) < 4.78 is 1.74. The Balaban J connectivity index is 1.74. The molecule has 3 rings (SSSR count). The second-order valence-corrected chi connectivity index (χ2v) is 5.38. The molecule has 0 saturated heterocycles. The van der Waals surface area contributed by atoms with E-state index < -0.39 is 0 Å². The van der Waals surface area contributed by atoms with E-state index in [1.165, 1.54) is 24.0 Å². The summed E-state index contributed by atoms with van der Waals surface area (Å²) in [6.45, 7) is 3.05. The molecule has 2 atom stereocenters. The highest BCUT2D eigenvalue weighted by Gasteiger charge is 2.23. The highest BCUT2D eigenvalue weighted by atomic mass is 15.3. The standard InChI is InChI=1S/C15H20N4/c1-11-7-8-14(13-6-4-3-5-12(11)13)16-9-15-17-10-19(2)18-15/h3-6,10-11,14,16H,7-9H2,1-2H3. The van der Waals surface area contributed by atoms with Gasteiger partial charge in [0.05, 0.1) is 6.54 Å². The second-order valence-electron chi connectivity index (χ2n) is 5.38. The quantitative estimate of drug-likeness (QED) is 0.917. The lowest BCUT2D eigenvalue weighted by atomic mass is 9.81. The summed E-state index contributed by atoms with van der Waals surface area (Å²) in [4.78, 5) is 4.26. The molecule has 4 nitrogen and oxygen atoms in total. The van der Waals surface area contributed by atoms with Gasteiger partial charge in [0.15, 0.2) is 5.82 Å². The van der Waals surface area contributed by atoms with Gasteiger partial charge in [-0.3, -0.25) is 4.68 Å². The van der Waals surface area contributed by atoms with Crippen LogP contribution in [0.25, 0.3) is 0 Å². The zero-order chi connectivity index (χ0) is 13.2. The average molecular weight is 256 g/mol. The molecule has 0 fully saturated rings. The van der Waals surface area contributed by atoms with Crippen LogP contribution in [0.5, 0.6) is 0 Å². The van der Waals surface area contributed by atoms with Crippen LogP contribution in [-0.2, 0) is 13.6 Å². The van der Waals surface area contributed by atoms with Gasteiger partial charge in [0.1, 0.15) is 6.33 Å². The molecule has 1 aromatic heterocycles. The van der Waals surface area contributed by atoms with Gasteiger partial charge in [-0.1, -0.05) is 31.2 Å². The van der Waals surface area contributed by atoms with Crippen LogP contribution in [0.15, 0.2) is 30.6 Å². The Hall–Kier alpha value is -1.68. The first-order valence-corrected chi connectivity index (χ1v) is 6.91. The molecule has 1 aliphatic carbocycles. The van der Waals surface area contributed by atoms with Crippen molar-refractivity contribution in [3.8, 4) is 0 Å². The van der Waals surface area contributed by atoms with Crippen LogP contribution in [-0.4, -0.2) is 14.8 Å². The fourth-order valence-corrected chi connectivity index (χ4v) is 2.90. The normalized spacial score (nSPS) is 22.2. The molecule has 1 aromatic carbocycles. The number of benzene rings is 1. The predicted molar refractivity (Wildman–Crippen MR) is 74.7 cm³/mol. The fraction of sp³-hybridized carbons (Fsp3) is 0.467. The van der Waals surface area contributed by atoms with Gasteiger partial charge in [0.25, 0.3) is 0 Å². The number of hydrogen-bond acceptors (Lipinski definition) is 3. The molecule has 100 valence electrons. The third kappa shape index (κ3) is 2.54. The lowest BCUT2D eigenvalue weighted by Gasteiger charge is -2.30. The number of aryl methyl sites for hydroxylation is 1. The van der Waals surface area contributed by atoms with Crippen molar-refractivity contribution in [2.45, 2.75) is 38.3 Å². The highest BCUT2D eigenvalue weighted by molar-refractivity contribution is 5.34. The van der Waals surface area contributed by atoms with Crippen LogP contribution in [0.4, 0.5) is 0 Å². The van der Waals surface area contributed by atoms with Gasteiger partial charge >= 0.3 is 0 Å². The van der Waals surface area contributed by atoms with Crippen molar-refractivity contribution in [2.75, 3.05) is 0 Å². The number of fused-ring (bicyclic) bond motifs is 1. The number of nitrogens with zero attached hydrogens (tertiary/aromatic N) is 3. The lowest BCUT2D eigenvalue weighted by Crippen LogP contribution is -2.26. The van der Waals surface area contributed by atoms with Crippen molar-refractivity contribution < 1.29 is 0 Å². The molecular formula is C15H20N4. The first-order valence-electron chi connectivity index (χ1n) is 6.91. The van der Waals surface area contributed by atoms with Crippen LogP contribution in [0.2, 0.25) is 0 Å². The number of rotatable bonds is 3. The van der Waals surface area contributed by atoms with Crippen LogP contribution >= 0.6 is 0 Å². The Morgan fingerprint density at radius 1 is 1.26 bits per heavy atom. The monoisotopic (exact) mass is 256 g/mol. The molecule has 0 amide bonds. The maximum absolute atomic E-state index is 4.31. The largest absolute Gasteiger partial charge is 0.303 e. The summed E-state index contributed by atoms with van der Waals surface area (Å²) in [5.74, 6) is 1.53. The van der Waals surface area contributed by atoms with E-state index >= 15 is 0 Å². The maximum atomic E-state index is 4.31. The van der Waals surface area contributed by atoms with E-state index in [1.807, 2.05) is 7.05 Å². The van der Waals surface area contributed by atoms with E-state index in [2.05, 4.69) is 46.6 Å². The number of nitrogens with one attached hydrogen (secondary N) is 1. The maximum Gasteiger partial charge on any atom is 0.164 e. The Bertz CT molecular complexity index is 561. The van der Waals surface area contributed by atoms with Crippen molar-refractivity contribution in [2.24, 2.45) is 7.05 Å². The Morgan fingerprint density at radius 3 is 2.79 bits per heavy atom. The van der Waals surface area contributed by atoms with Crippen molar-refractivity contribution in [3.05, 3.63) is 47.5 Å². The Labute approximate surface area is 113 Å². The molecule has 1 N–H and O–H groups in total. The van der Waals surface area contributed by atoms with Gasteiger partial charge in [-0.25, -0.2) is 4.98 Å². The van der Waals surface area contributed by atoms with Gasteiger partial charge < -0.3 is 5.32 Å². The highest BCUT2D eigenvalue weighted by Crippen LogP contribution is 2.36. The van der Waals surface area contributed by atoms with Gasteiger partial charge in [0, 0.05) is 13.1 Å². The molecule has 1 aliphatic rings. The van der Waals surface area contributed by atoms with Crippen molar-refractivity contribution in [1.82, 2.24) is 20.1 Å². The molecule has 0 saturated carbocycles. The number of hydrogen-bond donors (Lipinski definition) is 1. The van der Waals surface area contributed by atoms with E-state index in [-0.39, 0.29) is 0 Å². The predicted octanol–water partition coefficient (Wildman–Crippen LogP) is 2.54. The Morgan fingerprint density at radius 2 is 2.05 bits per heavy atom. The topological polar surface area (TPSA) is 42.7 Å². The zero-order valence-corrected chi connectivity index (χ0v) is 11.5. The van der Waals surface area contributed by atoms with Crippen LogP contribution in [0, 0.1) is 0 Å². The molecule has 0 spiro atoms. The van der Waals surface area contributed by atoms with E-state index in [0.717, 1.165) is 12.4 Å². The molecule has 1 heterocycles. The van der Waals surface area contributed by atoms with Crippen LogP contribution in [0.3, 0.4) is 0 Å². The van der Waals surface area contributed by atoms with Crippen molar-refractivity contribution in [3.63, 3.8) is 0 Å². The van der Waals surface area contributed by atoms with Crippen LogP contribution in [0.1, 0.15) is 48.7 Å². The minimum atomic E-state index is 0.427. The number of aromatic nitrogens is 3. The Kier molecular flexibility index (Phi) is 3.34. The SMILES string of the molecule is CC1CCC(NCc2ncn(C)n2)c2ccccc21.